The third kappa shape index (κ3) is 12.1. The quantitative estimate of drug-likeness (QED) is 0.187. The van der Waals surface area contributed by atoms with Crippen molar-refractivity contribution in [2.24, 2.45) is 11.5 Å². The molecule has 0 spiro atoms. The summed E-state index contributed by atoms with van der Waals surface area (Å²) < 4.78 is 0. The molecule has 0 aromatic carbocycles. The van der Waals surface area contributed by atoms with Gasteiger partial charge in [-0.3, -0.25) is 0 Å². The standard InChI is InChI=1S/C20H38N2O2S2/c1-4-6-12-25-16-26-13-19(21)17(3)9-10-18(5-2)8-7-11-20(22,14-23)15-24/h9-10,13,23-24H,4-8,11-12,14-16,21-22H2,1-3H3/b17-9+,18-10+,19-13-. The van der Waals surface area contributed by atoms with Crippen molar-refractivity contribution >= 4 is 23.5 Å². The summed E-state index contributed by atoms with van der Waals surface area (Å²) in [5.74, 6) is 1.21. The minimum Gasteiger partial charge on any atom is -0.398 e. The first-order chi connectivity index (χ1) is 12.4. The van der Waals surface area contributed by atoms with Crippen molar-refractivity contribution in [1.82, 2.24) is 0 Å². The fraction of sp³-hybridized carbons (Fsp3) is 0.700. The minimum atomic E-state index is -0.871. The number of thioether (sulfide) groups is 2. The lowest BCUT2D eigenvalue weighted by atomic mass is 9.93. The molecule has 0 heterocycles. The maximum atomic E-state index is 9.24. The fourth-order valence-corrected chi connectivity index (χ4v) is 4.15. The summed E-state index contributed by atoms with van der Waals surface area (Å²) in [5, 5.41) is 21.6. The van der Waals surface area contributed by atoms with Crippen molar-refractivity contribution in [3.63, 3.8) is 0 Å². The number of unbranched alkanes of at least 4 members (excludes halogenated alkanes) is 1. The van der Waals surface area contributed by atoms with Gasteiger partial charge in [-0.05, 0) is 55.8 Å². The Morgan fingerprint density at radius 3 is 2.38 bits per heavy atom. The number of rotatable bonds is 15. The van der Waals surface area contributed by atoms with Crippen LogP contribution in [0.15, 0.2) is 34.4 Å². The second-order valence-corrected chi connectivity index (χ2v) is 9.01. The number of nitrogens with two attached hydrogens (primary N) is 2. The Kier molecular flexibility index (Phi) is 15.4. The van der Waals surface area contributed by atoms with Gasteiger partial charge in [0.1, 0.15) is 0 Å². The molecule has 0 aliphatic heterocycles. The minimum absolute atomic E-state index is 0.191. The first kappa shape index (κ1) is 25.6. The molecule has 0 aliphatic rings. The molecule has 6 N–H and O–H groups in total. The van der Waals surface area contributed by atoms with Crippen molar-refractivity contribution in [3.05, 3.63) is 34.4 Å². The van der Waals surface area contributed by atoms with Gasteiger partial charge in [0.25, 0.3) is 0 Å². The van der Waals surface area contributed by atoms with E-state index in [9.17, 15) is 10.2 Å². The largest absolute Gasteiger partial charge is 0.398 e. The van der Waals surface area contributed by atoms with Gasteiger partial charge in [0.2, 0.25) is 0 Å². The van der Waals surface area contributed by atoms with E-state index in [0.717, 1.165) is 35.6 Å². The molecule has 0 aromatic heterocycles. The van der Waals surface area contributed by atoms with Crippen molar-refractivity contribution in [2.75, 3.05) is 24.1 Å². The van der Waals surface area contributed by atoms with Crippen LogP contribution in [0.5, 0.6) is 0 Å². The number of aliphatic hydroxyl groups is 2. The Labute approximate surface area is 168 Å². The highest BCUT2D eigenvalue weighted by Gasteiger charge is 2.22. The van der Waals surface area contributed by atoms with E-state index in [2.05, 4.69) is 26.0 Å². The van der Waals surface area contributed by atoms with Crippen LogP contribution in [0, 0.1) is 0 Å². The van der Waals surface area contributed by atoms with Crippen molar-refractivity contribution in [2.45, 2.75) is 64.8 Å². The highest BCUT2D eigenvalue weighted by atomic mass is 32.2. The number of hydrogen-bond acceptors (Lipinski definition) is 6. The smallest absolute Gasteiger partial charge is 0.0633 e. The third-order valence-electron chi connectivity index (χ3n) is 4.28. The normalized spacial score (nSPS) is 14.2. The highest BCUT2D eigenvalue weighted by molar-refractivity contribution is 8.17. The molecule has 152 valence electrons. The van der Waals surface area contributed by atoms with Crippen LogP contribution in [0.4, 0.5) is 0 Å². The van der Waals surface area contributed by atoms with Gasteiger partial charge in [0, 0.05) is 10.8 Å². The second-order valence-electron chi connectivity index (χ2n) is 6.68. The van der Waals surface area contributed by atoms with Gasteiger partial charge in [-0.25, -0.2) is 0 Å². The summed E-state index contributed by atoms with van der Waals surface area (Å²) in [4.78, 5) is 0. The molecule has 6 heteroatoms. The number of hydrogen-bond donors (Lipinski definition) is 4. The summed E-state index contributed by atoms with van der Waals surface area (Å²) in [5.41, 5.74) is 14.4. The Balaban J connectivity index is 4.44. The van der Waals surface area contributed by atoms with Crippen LogP contribution in [0.3, 0.4) is 0 Å². The molecule has 0 fully saturated rings. The van der Waals surface area contributed by atoms with Crippen LogP contribution in [0.2, 0.25) is 0 Å². The maximum absolute atomic E-state index is 9.24. The van der Waals surface area contributed by atoms with E-state index in [4.69, 9.17) is 11.5 Å². The molecule has 0 amide bonds. The second kappa shape index (κ2) is 15.6. The average molecular weight is 403 g/mol. The monoisotopic (exact) mass is 402 g/mol. The Bertz CT molecular complexity index is 459. The molecular formula is C20H38N2O2S2. The Hall–Kier alpha value is -0.400. The van der Waals surface area contributed by atoms with Gasteiger partial charge in [0.15, 0.2) is 0 Å². The average Bonchev–Trinajstić information content (AvgIpc) is 2.66. The fourth-order valence-electron chi connectivity index (χ4n) is 2.16. The van der Waals surface area contributed by atoms with Gasteiger partial charge in [-0.2, -0.15) is 11.8 Å². The molecule has 0 aromatic rings. The van der Waals surface area contributed by atoms with Crippen LogP contribution >= 0.6 is 23.5 Å². The summed E-state index contributed by atoms with van der Waals surface area (Å²) in [7, 11) is 0. The lowest BCUT2D eigenvalue weighted by molar-refractivity contribution is 0.113. The summed E-state index contributed by atoms with van der Waals surface area (Å²) in [6.45, 7) is 5.99. The van der Waals surface area contributed by atoms with Gasteiger partial charge >= 0.3 is 0 Å². The first-order valence-corrected chi connectivity index (χ1v) is 11.6. The molecule has 0 radical (unpaired) electrons. The summed E-state index contributed by atoms with van der Waals surface area (Å²) in [6, 6.07) is 0. The molecule has 0 saturated carbocycles. The molecule has 0 rings (SSSR count). The van der Waals surface area contributed by atoms with E-state index in [1.165, 1.54) is 24.2 Å². The van der Waals surface area contributed by atoms with Gasteiger partial charge in [-0.1, -0.05) is 38.0 Å². The van der Waals surface area contributed by atoms with Crippen LogP contribution in [0.25, 0.3) is 0 Å². The molecule has 0 unspecified atom stereocenters. The molecule has 0 saturated heterocycles. The first-order valence-electron chi connectivity index (χ1n) is 9.44. The van der Waals surface area contributed by atoms with Gasteiger partial charge in [-0.15, -0.1) is 11.8 Å². The molecular weight excluding hydrogens is 364 g/mol. The SMILES string of the molecule is CCCCSCS/C=C(N)/C(C)=C/C=C(\CC)CCCC(N)(CO)CO. The molecule has 4 nitrogen and oxygen atoms in total. The van der Waals surface area contributed by atoms with Crippen molar-refractivity contribution < 1.29 is 10.2 Å². The Morgan fingerprint density at radius 2 is 1.81 bits per heavy atom. The summed E-state index contributed by atoms with van der Waals surface area (Å²) in [6.07, 6.45) is 10.0. The summed E-state index contributed by atoms with van der Waals surface area (Å²) >= 11 is 3.71. The van der Waals surface area contributed by atoms with E-state index in [1.54, 1.807) is 11.8 Å². The number of allylic oxidation sites excluding steroid dienone is 4. The van der Waals surface area contributed by atoms with E-state index < -0.39 is 5.54 Å². The van der Waals surface area contributed by atoms with Crippen molar-refractivity contribution in [1.29, 1.82) is 0 Å². The predicted octanol–water partition coefficient (Wildman–Crippen LogP) is 4.15. The van der Waals surface area contributed by atoms with Crippen molar-refractivity contribution in [3.8, 4) is 0 Å². The topological polar surface area (TPSA) is 92.5 Å². The van der Waals surface area contributed by atoms with Crippen LogP contribution < -0.4 is 11.5 Å². The van der Waals surface area contributed by atoms with Gasteiger partial charge < -0.3 is 21.7 Å². The van der Waals surface area contributed by atoms with E-state index in [1.807, 2.05) is 24.1 Å². The van der Waals surface area contributed by atoms with Crippen LogP contribution in [-0.4, -0.2) is 39.8 Å². The number of aliphatic hydroxyl groups excluding tert-OH is 2. The Morgan fingerprint density at radius 1 is 1.12 bits per heavy atom. The third-order valence-corrected chi connectivity index (χ3v) is 6.49. The van der Waals surface area contributed by atoms with Gasteiger partial charge in [0.05, 0.1) is 18.8 Å². The molecule has 26 heavy (non-hydrogen) atoms. The zero-order chi connectivity index (χ0) is 19.8. The highest BCUT2D eigenvalue weighted by Crippen LogP contribution is 2.19. The predicted molar refractivity (Wildman–Crippen MR) is 119 cm³/mol. The molecule has 0 aliphatic carbocycles. The maximum Gasteiger partial charge on any atom is 0.0633 e. The lowest BCUT2D eigenvalue weighted by Crippen LogP contribution is -2.47. The van der Waals surface area contributed by atoms with E-state index in [-0.39, 0.29) is 13.2 Å². The zero-order valence-corrected chi connectivity index (χ0v) is 18.3. The molecule has 0 atom stereocenters. The zero-order valence-electron chi connectivity index (χ0n) is 16.7. The van der Waals surface area contributed by atoms with E-state index >= 15 is 0 Å². The van der Waals surface area contributed by atoms with Crippen LogP contribution in [0.1, 0.15) is 59.3 Å². The van der Waals surface area contributed by atoms with E-state index in [0.29, 0.717) is 6.42 Å². The lowest BCUT2D eigenvalue weighted by Gasteiger charge is -2.24. The molecule has 0 bridgehead atoms. The van der Waals surface area contributed by atoms with Crippen LogP contribution in [-0.2, 0) is 0 Å².